The fourth-order valence-electron chi connectivity index (χ4n) is 1.92. The Morgan fingerprint density at radius 2 is 1.74 bits per heavy atom. The van der Waals surface area contributed by atoms with E-state index in [4.69, 9.17) is 5.73 Å². The summed E-state index contributed by atoms with van der Waals surface area (Å²) in [6.07, 6.45) is 0.345. The van der Waals surface area contributed by atoms with Crippen LogP contribution in [0.3, 0.4) is 0 Å². The molecule has 0 saturated carbocycles. The van der Waals surface area contributed by atoms with Gasteiger partial charge in [-0.1, -0.05) is 30.3 Å². The number of sulfone groups is 1. The summed E-state index contributed by atoms with van der Waals surface area (Å²) in [6, 6.07) is 12.6. The van der Waals surface area contributed by atoms with Crippen molar-refractivity contribution in [3.05, 3.63) is 42.5 Å². The zero-order chi connectivity index (χ0) is 13.9. The Morgan fingerprint density at radius 1 is 1.05 bits per heavy atom. The second-order valence-electron chi connectivity index (χ2n) is 4.40. The first kappa shape index (κ1) is 13.5. The van der Waals surface area contributed by atoms with Gasteiger partial charge in [-0.15, -0.1) is 0 Å². The summed E-state index contributed by atoms with van der Waals surface area (Å²) in [4.78, 5) is 10.9. The van der Waals surface area contributed by atoms with Gasteiger partial charge in [0.2, 0.25) is 5.91 Å². The van der Waals surface area contributed by atoms with Gasteiger partial charge in [-0.2, -0.15) is 0 Å². The monoisotopic (exact) mass is 277 g/mol. The summed E-state index contributed by atoms with van der Waals surface area (Å²) in [5, 5.41) is 1.89. The summed E-state index contributed by atoms with van der Waals surface area (Å²) >= 11 is 0. The number of hydrogen-bond acceptors (Lipinski definition) is 3. The molecule has 0 spiro atoms. The maximum absolute atomic E-state index is 12.1. The third-order valence-corrected chi connectivity index (χ3v) is 4.71. The molecule has 19 heavy (non-hydrogen) atoms. The van der Waals surface area contributed by atoms with Crippen LogP contribution in [0, 0.1) is 0 Å². The number of carbonyl (C=O) groups is 1. The van der Waals surface area contributed by atoms with Crippen LogP contribution in [0.15, 0.2) is 47.4 Å². The molecule has 5 heteroatoms. The number of rotatable bonds is 5. The highest BCUT2D eigenvalue weighted by Gasteiger charge is 2.14. The summed E-state index contributed by atoms with van der Waals surface area (Å²) in [5.74, 6) is -0.539. The molecule has 0 bridgehead atoms. The van der Waals surface area contributed by atoms with Gasteiger partial charge in [-0.25, -0.2) is 8.42 Å². The Balaban J connectivity index is 2.25. The van der Waals surface area contributed by atoms with Crippen molar-refractivity contribution in [2.75, 3.05) is 5.75 Å². The molecule has 2 aromatic carbocycles. The molecule has 0 aromatic heterocycles. The Labute approximate surface area is 112 Å². The minimum absolute atomic E-state index is 0.0612. The van der Waals surface area contributed by atoms with E-state index in [1.54, 1.807) is 18.2 Å². The number of amides is 1. The first-order valence-electron chi connectivity index (χ1n) is 5.99. The zero-order valence-corrected chi connectivity index (χ0v) is 11.2. The lowest BCUT2D eigenvalue weighted by atomic mass is 10.1. The highest BCUT2D eigenvalue weighted by molar-refractivity contribution is 7.91. The van der Waals surface area contributed by atoms with E-state index in [0.29, 0.717) is 0 Å². The molecule has 0 radical (unpaired) electrons. The van der Waals surface area contributed by atoms with Crippen molar-refractivity contribution in [1.29, 1.82) is 0 Å². The van der Waals surface area contributed by atoms with Gasteiger partial charge in [-0.3, -0.25) is 4.79 Å². The quantitative estimate of drug-likeness (QED) is 0.906. The first-order valence-corrected chi connectivity index (χ1v) is 7.64. The van der Waals surface area contributed by atoms with Crippen molar-refractivity contribution in [2.24, 2.45) is 5.73 Å². The third kappa shape index (κ3) is 3.32. The fraction of sp³-hybridized carbons (Fsp3) is 0.214. The van der Waals surface area contributed by atoms with Crippen molar-refractivity contribution in [1.82, 2.24) is 0 Å². The van der Waals surface area contributed by atoms with Crippen molar-refractivity contribution in [3.8, 4) is 0 Å². The predicted molar refractivity (Wildman–Crippen MR) is 74.4 cm³/mol. The molecule has 0 heterocycles. The number of primary amides is 1. The van der Waals surface area contributed by atoms with Crippen molar-refractivity contribution in [3.63, 3.8) is 0 Å². The lowest BCUT2D eigenvalue weighted by molar-refractivity contribution is -0.118. The molecule has 0 aliphatic rings. The highest BCUT2D eigenvalue weighted by atomic mass is 32.2. The summed E-state index contributed by atoms with van der Waals surface area (Å²) in [7, 11) is -3.36. The zero-order valence-electron chi connectivity index (χ0n) is 10.4. The summed E-state index contributed by atoms with van der Waals surface area (Å²) in [6.45, 7) is 0. The van der Waals surface area contributed by atoms with Crippen molar-refractivity contribution in [2.45, 2.75) is 17.7 Å². The average Bonchev–Trinajstić information content (AvgIpc) is 2.37. The van der Waals surface area contributed by atoms with E-state index in [9.17, 15) is 13.2 Å². The van der Waals surface area contributed by atoms with Gasteiger partial charge in [0.25, 0.3) is 0 Å². The van der Waals surface area contributed by atoms with E-state index >= 15 is 0 Å². The van der Waals surface area contributed by atoms with Crippen LogP contribution in [0.2, 0.25) is 0 Å². The minimum atomic E-state index is -3.36. The Hall–Kier alpha value is -1.88. The van der Waals surface area contributed by atoms with Crippen LogP contribution in [0.4, 0.5) is 0 Å². The van der Waals surface area contributed by atoms with E-state index < -0.39 is 15.7 Å². The summed E-state index contributed by atoms with van der Waals surface area (Å²) < 4.78 is 24.2. The summed E-state index contributed by atoms with van der Waals surface area (Å²) in [5.41, 5.74) is 5.00. The van der Waals surface area contributed by atoms with Crippen LogP contribution in [-0.2, 0) is 14.6 Å². The lowest BCUT2D eigenvalue weighted by Gasteiger charge is -2.05. The minimum Gasteiger partial charge on any atom is -0.370 e. The molecule has 2 aromatic rings. The average molecular weight is 277 g/mol. The SMILES string of the molecule is NC(=O)CCCS(=O)(=O)c1ccc2ccccc2c1. The largest absolute Gasteiger partial charge is 0.370 e. The van der Waals surface area contributed by atoms with Crippen LogP contribution in [0.1, 0.15) is 12.8 Å². The van der Waals surface area contributed by atoms with E-state index in [-0.39, 0.29) is 23.5 Å². The Morgan fingerprint density at radius 3 is 2.42 bits per heavy atom. The number of fused-ring (bicyclic) bond motifs is 1. The van der Waals surface area contributed by atoms with Crippen molar-refractivity contribution < 1.29 is 13.2 Å². The molecule has 0 fully saturated rings. The Kier molecular flexibility index (Phi) is 3.85. The maximum atomic E-state index is 12.1. The Bertz CT molecular complexity index is 707. The van der Waals surface area contributed by atoms with Crippen LogP contribution < -0.4 is 5.73 Å². The molecular formula is C14H15NO3S. The highest BCUT2D eigenvalue weighted by Crippen LogP contribution is 2.20. The van der Waals surface area contributed by atoms with Crippen LogP contribution >= 0.6 is 0 Å². The van der Waals surface area contributed by atoms with Gasteiger partial charge in [0.15, 0.2) is 9.84 Å². The molecule has 0 saturated heterocycles. The van der Waals surface area contributed by atoms with E-state index in [1.165, 1.54) is 0 Å². The molecular weight excluding hydrogens is 262 g/mol. The molecule has 0 aliphatic heterocycles. The molecule has 100 valence electrons. The normalized spacial score (nSPS) is 11.6. The van der Waals surface area contributed by atoms with Gasteiger partial charge in [0.05, 0.1) is 10.6 Å². The van der Waals surface area contributed by atoms with Crippen molar-refractivity contribution >= 4 is 26.5 Å². The predicted octanol–water partition coefficient (Wildman–Crippen LogP) is 1.88. The van der Waals surface area contributed by atoms with Gasteiger partial charge in [0, 0.05) is 6.42 Å². The molecule has 0 aliphatic carbocycles. The molecule has 0 unspecified atom stereocenters. The number of hydrogen-bond donors (Lipinski definition) is 1. The van der Waals surface area contributed by atoms with E-state index in [2.05, 4.69) is 0 Å². The molecule has 1 amide bonds. The van der Waals surface area contributed by atoms with Gasteiger partial charge in [-0.05, 0) is 29.3 Å². The molecule has 0 atom stereocenters. The number of carbonyl (C=O) groups excluding carboxylic acids is 1. The van der Waals surface area contributed by atoms with E-state index in [0.717, 1.165) is 10.8 Å². The molecule has 4 nitrogen and oxygen atoms in total. The number of benzene rings is 2. The van der Waals surface area contributed by atoms with Crippen LogP contribution in [-0.4, -0.2) is 20.1 Å². The molecule has 2 N–H and O–H groups in total. The molecule has 2 rings (SSSR count). The van der Waals surface area contributed by atoms with Gasteiger partial charge < -0.3 is 5.73 Å². The van der Waals surface area contributed by atoms with Crippen LogP contribution in [0.25, 0.3) is 10.8 Å². The second-order valence-corrected chi connectivity index (χ2v) is 6.51. The smallest absolute Gasteiger partial charge is 0.217 e. The lowest BCUT2D eigenvalue weighted by Crippen LogP contribution is -2.13. The number of nitrogens with two attached hydrogens (primary N) is 1. The second kappa shape index (κ2) is 5.40. The van der Waals surface area contributed by atoms with E-state index in [1.807, 2.05) is 24.3 Å². The van der Waals surface area contributed by atoms with Crippen LogP contribution in [0.5, 0.6) is 0 Å². The third-order valence-electron chi connectivity index (χ3n) is 2.92. The first-order chi connectivity index (χ1) is 8.99. The van der Waals surface area contributed by atoms with Gasteiger partial charge in [0.1, 0.15) is 0 Å². The standard InChI is InChI=1S/C14H15NO3S/c15-14(16)6-3-9-19(17,18)13-8-7-11-4-1-2-5-12(11)10-13/h1-2,4-5,7-8,10H,3,6,9H2,(H2,15,16). The van der Waals surface area contributed by atoms with Gasteiger partial charge >= 0.3 is 0 Å². The topological polar surface area (TPSA) is 77.2 Å². The maximum Gasteiger partial charge on any atom is 0.217 e. The fourth-order valence-corrected chi connectivity index (χ4v) is 3.26.